The second kappa shape index (κ2) is 3.89. The fourth-order valence-electron chi connectivity index (χ4n) is 1.09. The smallest absolute Gasteiger partial charge is 0.143 e. The van der Waals surface area contributed by atoms with Crippen LogP contribution in [0.15, 0.2) is 24.3 Å². The van der Waals surface area contributed by atoms with Crippen LogP contribution in [0.2, 0.25) is 10.2 Å². The molecule has 0 N–H and O–H groups in total. The highest BCUT2D eigenvalue weighted by atomic mass is 35.5. The summed E-state index contributed by atoms with van der Waals surface area (Å²) in [6.07, 6.45) is 0. The van der Waals surface area contributed by atoms with Crippen molar-refractivity contribution in [3.8, 4) is 10.6 Å². The maximum Gasteiger partial charge on any atom is 0.143 e. The van der Waals surface area contributed by atoms with Gasteiger partial charge < -0.3 is 0 Å². The number of halogens is 2. The number of hydrogen-bond acceptors (Lipinski definition) is 2. The lowest BCUT2D eigenvalue weighted by molar-refractivity contribution is 1.38. The molecule has 0 aliphatic carbocycles. The van der Waals surface area contributed by atoms with E-state index in [1.807, 2.05) is 31.2 Å². The van der Waals surface area contributed by atoms with Crippen molar-refractivity contribution in [3.05, 3.63) is 39.3 Å². The van der Waals surface area contributed by atoms with Crippen molar-refractivity contribution in [1.82, 2.24) is 4.98 Å². The van der Waals surface area contributed by atoms with Gasteiger partial charge in [0.05, 0.1) is 0 Å². The van der Waals surface area contributed by atoms with Crippen LogP contribution in [0.3, 0.4) is 0 Å². The fourth-order valence-corrected chi connectivity index (χ4v) is 2.28. The molecule has 2 aromatic rings. The molecule has 0 amide bonds. The van der Waals surface area contributed by atoms with Gasteiger partial charge in [-0.25, -0.2) is 4.98 Å². The molecule has 0 fully saturated rings. The van der Waals surface area contributed by atoms with E-state index in [2.05, 4.69) is 4.98 Å². The third kappa shape index (κ3) is 1.92. The molecule has 0 bridgehead atoms. The first-order valence-electron chi connectivity index (χ1n) is 4.05. The van der Waals surface area contributed by atoms with Crippen LogP contribution in [0.5, 0.6) is 0 Å². The molecule has 0 aliphatic rings. The molecule has 4 heteroatoms. The minimum absolute atomic E-state index is 0.583. The molecule has 2 rings (SSSR count). The predicted octanol–water partition coefficient (Wildman–Crippen LogP) is 4.43. The zero-order valence-corrected chi connectivity index (χ0v) is 9.75. The Kier molecular flexibility index (Phi) is 2.77. The van der Waals surface area contributed by atoms with Gasteiger partial charge in [0.25, 0.3) is 0 Å². The molecule has 1 heterocycles. The molecule has 0 unspecified atom stereocenters. The number of nitrogens with zero attached hydrogens (tertiary/aromatic N) is 1. The van der Waals surface area contributed by atoms with Crippen molar-refractivity contribution >= 4 is 34.5 Å². The minimum atomic E-state index is 0.583. The molecule has 0 saturated heterocycles. The Morgan fingerprint density at radius 2 is 1.79 bits per heavy atom. The Hall–Kier alpha value is -0.570. The van der Waals surface area contributed by atoms with Crippen LogP contribution in [-0.2, 0) is 0 Å². The summed E-state index contributed by atoms with van der Waals surface area (Å²) < 4.78 is 0. The molecular formula is C10H7Cl2NS. The van der Waals surface area contributed by atoms with Gasteiger partial charge in [0, 0.05) is 15.5 Å². The normalized spacial score (nSPS) is 10.5. The highest BCUT2D eigenvalue weighted by Gasteiger charge is 2.06. The number of hydrogen-bond donors (Lipinski definition) is 0. The summed E-state index contributed by atoms with van der Waals surface area (Å²) in [6.45, 7) is 1.96. The summed E-state index contributed by atoms with van der Waals surface area (Å²) in [5.74, 6) is 0. The third-order valence-corrected chi connectivity index (χ3v) is 3.58. The van der Waals surface area contributed by atoms with E-state index >= 15 is 0 Å². The Morgan fingerprint density at radius 3 is 2.29 bits per heavy atom. The Labute approximate surface area is 96.3 Å². The SMILES string of the molecule is Cc1sc(-c2ccc(Cl)cc2)nc1Cl. The van der Waals surface area contributed by atoms with Crippen molar-refractivity contribution < 1.29 is 0 Å². The van der Waals surface area contributed by atoms with Crippen LogP contribution in [0.4, 0.5) is 0 Å². The molecule has 0 aliphatic heterocycles. The molecule has 0 atom stereocenters. The number of thiazole rings is 1. The average molecular weight is 244 g/mol. The Morgan fingerprint density at radius 1 is 1.14 bits per heavy atom. The predicted molar refractivity (Wildman–Crippen MR) is 62.3 cm³/mol. The number of aromatic nitrogens is 1. The van der Waals surface area contributed by atoms with Crippen molar-refractivity contribution in [2.45, 2.75) is 6.92 Å². The van der Waals surface area contributed by atoms with Crippen LogP contribution >= 0.6 is 34.5 Å². The lowest BCUT2D eigenvalue weighted by Crippen LogP contribution is -1.74. The maximum absolute atomic E-state index is 5.88. The van der Waals surface area contributed by atoms with Crippen LogP contribution in [-0.4, -0.2) is 4.98 Å². The van der Waals surface area contributed by atoms with E-state index in [1.165, 1.54) is 0 Å². The lowest BCUT2D eigenvalue weighted by Gasteiger charge is -1.94. The van der Waals surface area contributed by atoms with E-state index in [4.69, 9.17) is 23.2 Å². The third-order valence-electron chi connectivity index (χ3n) is 1.83. The first-order valence-corrected chi connectivity index (χ1v) is 5.63. The second-order valence-electron chi connectivity index (χ2n) is 2.87. The molecule has 0 saturated carbocycles. The molecule has 72 valence electrons. The van der Waals surface area contributed by atoms with Gasteiger partial charge in [0.2, 0.25) is 0 Å². The maximum atomic E-state index is 5.88. The number of benzene rings is 1. The van der Waals surface area contributed by atoms with Crippen LogP contribution in [0, 0.1) is 6.92 Å². The summed E-state index contributed by atoms with van der Waals surface area (Å²) in [6, 6.07) is 7.58. The first kappa shape index (κ1) is 9.97. The van der Waals surface area contributed by atoms with Crippen LogP contribution in [0.25, 0.3) is 10.6 Å². The van der Waals surface area contributed by atoms with Crippen molar-refractivity contribution in [2.24, 2.45) is 0 Å². The lowest BCUT2D eigenvalue weighted by atomic mass is 10.2. The first-order chi connectivity index (χ1) is 6.66. The summed E-state index contributed by atoms with van der Waals surface area (Å²) in [7, 11) is 0. The van der Waals surface area contributed by atoms with Gasteiger partial charge in [-0.05, 0) is 19.1 Å². The molecule has 1 aromatic heterocycles. The van der Waals surface area contributed by atoms with Gasteiger partial charge in [-0.15, -0.1) is 11.3 Å². The topological polar surface area (TPSA) is 12.9 Å². The fraction of sp³-hybridized carbons (Fsp3) is 0.100. The van der Waals surface area contributed by atoms with Crippen LogP contribution < -0.4 is 0 Å². The second-order valence-corrected chi connectivity index (χ2v) is 4.87. The summed E-state index contributed by atoms with van der Waals surface area (Å²) in [4.78, 5) is 5.29. The highest BCUT2D eigenvalue weighted by molar-refractivity contribution is 7.15. The van der Waals surface area contributed by atoms with E-state index in [-0.39, 0.29) is 0 Å². The highest BCUT2D eigenvalue weighted by Crippen LogP contribution is 2.30. The molecule has 14 heavy (non-hydrogen) atoms. The Bertz CT molecular complexity index is 428. The van der Waals surface area contributed by atoms with Gasteiger partial charge in [-0.1, -0.05) is 35.3 Å². The number of rotatable bonds is 1. The molecule has 1 aromatic carbocycles. The summed E-state index contributed by atoms with van der Waals surface area (Å²) in [5.41, 5.74) is 1.05. The standard InChI is InChI=1S/C10H7Cl2NS/c1-6-9(12)13-10(14-6)7-2-4-8(11)5-3-7/h2-5H,1H3. The van der Waals surface area contributed by atoms with Gasteiger partial charge in [0.1, 0.15) is 10.2 Å². The molecular weight excluding hydrogens is 237 g/mol. The van der Waals surface area contributed by atoms with Gasteiger partial charge >= 0.3 is 0 Å². The summed E-state index contributed by atoms with van der Waals surface area (Å²) in [5, 5.41) is 2.25. The van der Waals surface area contributed by atoms with Crippen LogP contribution in [0.1, 0.15) is 4.88 Å². The minimum Gasteiger partial charge on any atom is -0.224 e. The zero-order chi connectivity index (χ0) is 10.1. The Balaban J connectivity index is 2.44. The van der Waals surface area contributed by atoms with E-state index in [1.54, 1.807) is 11.3 Å². The van der Waals surface area contributed by atoms with E-state index in [9.17, 15) is 0 Å². The largest absolute Gasteiger partial charge is 0.224 e. The van der Waals surface area contributed by atoms with E-state index in [0.29, 0.717) is 5.15 Å². The van der Waals surface area contributed by atoms with Crippen molar-refractivity contribution in [1.29, 1.82) is 0 Å². The molecule has 1 nitrogen and oxygen atoms in total. The quantitative estimate of drug-likeness (QED) is 0.723. The van der Waals surface area contributed by atoms with Gasteiger partial charge in [0.15, 0.2) is 0 Å². The van der Waals surface area contributed by atoms with Gasteiger partial charge in [-0.3, -0.25) is 0 Å². The van der Waals surface area contributed by atoms with E-state index in [0.717, 1.165) is 20.5 Å². The number of aryl methyl sites for hydroxylation is 1. The van der Waals surface area contributed by atoms with E-state index < -0.39 is 0 Å². The average Bonchev–Trinajstić information content (AvgIpc) is 2.48. The van der Waals surface area contributed by atoms with Gasteiger partial charge in [-0.2, -0.15) is 0 Å². The van der Waals surface area contributed by atoms with Crippen molar-refractivity contribution in [3.63, 3.8) is 0 Å². The molecule has 0 spiro atoms. The zero-order valence-electron chi connectivity index (χ0n) is 7.42. The molecule has 0 radical (unpaired) electrons. The monoisotopic (exact) mass is 243 g/mol. The van der Waals surface area contributed by atoms with Crippen molar-refractivity contribution in [2.75, 3.05) is 0 Å². The summed E-state index contributed by atoms with van der Waals surface area (Å²) >= 11 is 13.3.